The van der Waals surface area contributed by atoms with Gasteiger partial charge in [-0.15, -0.1) is 0 Å². The van der Waals surface area contributed by atoms with Gasteiger partial charge < -0.3 is 14.8 Å². The van der Waals surface area contributed by atoms with Crippen LogP contribution in [-0.2, 0) is 4.79 Å². The Hall–Kier alpha value is -1.36. The molecule has 0 bridgehead atoms. The van der Waals surface area contributed by atoms with E-state index in [4.69, 9.17) is 9.47 Å². The Morgan fingerprint density at radius 1 is 1.33 bits per heavy atom. The molecule has 4 nitrogen and oxygen atoms in total. The Balaban J connectivity index is 1.58. The Labute approximate surface area is 130 Å². The molecule has 0 aromatic heterocycles. The van der Waals surface area contributed by atoms with Crippen molar-refractivity contribution in [2.24, 2.45) is 0 Å². The van der Waals surface area contributed by atoms with Crippen LogP contribution in [0.15, 0.2) is 24.3 Å². The lowest BCUT2D eigenvalue weighted by atomic mass is 10.3. The Morgan fingerprint density at radius 3 is 2.86 bits per heavy atom. The van der Waals surface area contributed by atoms with Crippen LogP contribution in [0, 0.1) is 0 Å². The van der Waals surface area contributed by atoms with Crippen molar-refractivity contribution in [2.45, 2.75) is 30.9 Å². The van der Waals surface area contributed by atoms with Gasteiger partial charge in [0.15, 0.2) is 6.61 Å². The largest absolute Gasteiger partial charge is 0.497 e. The van der Waals surface area contributed by atoms with Gasteiger partial charge in [-0.3, -0.25) is 4.79 Å². The van der Waals surface area contributed by atoms with E-state index in [1.165, 1.54) is 25.7 Å². The van der Waals surface area contributed by atoms with E-state index in [0.29, 0.717) is 12.3 Å². The van der Waals surface area contributed by atoms with Gasteiger partial charge in [0.05, 0.1) is 7.11 Å². The molecule has 1 N–H and O–H groups in total. The molecular weight excluding hydrogens is 286 g/mol. The van der Waals surface area contributed by atoms with E-state index in [-0.39, 0.29) is 12.5 Å². The number of benzene rings is 1. The molecule has 21 heavy (non-hydrogen) atoms. The highest BCUT2D eigenvalue weighted by Crippen LogP contribution is 2.28. The van der Waals surface area contributed by atoms with Crippen LogP contribution in [0.2, 0.25) is 0 Å². The van der Waals surface area contributed by atoms with Crippen molar-refractivity contribution >= 4 is 17.7 Å². The summed E-state index contributed by atoms with van der Waals surface area (Å²) in [5.41, 5.74) is 0. The van der Waals surface area contributed by atoms with Crippen LogP contribution in [0.1, 0.15) is 25.7 Å². The summed E-state index contributed by atoms with van der Waals surface area (Å²) in [6.07, 6.45) is 5.38. The fourth-order valence-corrected chi connectivity index (χ4v) is 3.58. The first-order valence-electron chi connectivity index (χ1n) is 7.43. The first-order valence-corrected chi connectivity index (χ1v) is 8.48. The van der Waals surface area contributed by atoms with Gasteiger partial charge in [-0.05, 0) is 25.0 Å². The zero-order valence-corrected chi connectivity index (χ0v) is 13.3. The van der Waals surface area contributed by atoms with Crippen LogP contribution in [0.3, 0.4) is 0 Å². The SMILES string of the molecule is COc1cccc(OCC(=O)NCCSC2CCCC2)c1. The molecule has 1 amide bonds. The number of ether oxygens (including phenoxy) is 2. The highest BCUT2D eigenvalue weighted by atomic mass is 32.2. The predicted molar refractivity (Wildman–Crippen MR) is 86.2 cm³/mol. The lowest BCUT2D eigenvalue weighted by Gasteiger charge is -2.10. The van der Waals surface area contributed by atoms with Crippen molar-refractivity contribution in [2.75, 3.05) is 26.0 Å². The van der Waals surface area contributed by atoms with Gasteiger partial charge in [0.2, 0.25) is 0 Å². The van der Waals surface area contributed by atoms with Crippen LogP contribution in [0.25, 0.3) is 0 Å². The Kier molecular flexibility index (Phi) is 6.73. The maximum absolute atomic E-state index is 11.7. The molecule has 0 aliphatic heterocycles. The van der Waals surface area contributed by atoms with E-state index < -0.39 is 0 Å². The molecule has 1 saturated carbocycles. The van der Waals surface area contributed by atoms with Gasteiger partial charge in [0.25, 0.3) is 5.91 Å². The van der Waals surface area contributed by atoms with E-state index in [0.717, 1.165) is 16.8 Å². The maximum atomic E-state index is 11.7. The van der Waals surface area contributed by atoms with Gasteiger partial charge >= 0.3 is 0 Å². The summed E-state index contributed by atoms with van der Waals surface area (Å²) in [6, 6.07) is 7.26. The number of amides is 1. The molecule has 2 rings (SSSR count). The summed E-state index contributed by atoms with van der Waals surface area (Å²) in [5.74, 6) is 2.27. The molecular formula is C16H23NO3S. The Bertz CT molecular complexity index is 447. The van der Waals surface area contributed by atoms with E-state index in [1.807, 2.05) is 30.0 Å². The van der Waals surface area contributed by atoms with Gasteiger partial charge in [0, 0.05) is 23.6 Å². The summed E-state index contributed by atoms with van der Waals surface area (Å²) in [4.78, 5) is 11.7. The number of thioether (sulfide) groups is 1. The van der Waals surface area contributed by atoms with Crippen LogP contribution >= 0.6 is 11.8 Å². The second kappa shape index (κ2) is 8.82. The average molecular weight is 309 g/mol. The minimum Gasteiger partial charge on any atom is -0.497 e. The second-order valence-corrected chi connectivity index (χ2v) is 6.50. The summed E-state index contributed by atoms with van der Waals surface area (Å²) >= 11 is 1.97. The third-order valence-corrected chi connectivity index (χ3v) is 4.87. The van der Waals surface area contributed by atoms with Crippen molar-refractivity contribution in [3.8, 4) is 11.5 Å². The number of hydrogen-bond donors (Lipinski definition) is 1. The van der Waals surface area contributed by atoms with Gasteiger partial charge in [-0.1, -0.05) is 18.9 Å². The molecule has 1 aromatic rings. The zero-order chi connectivity index (χ0) is 14.9. The van der Waals surface area contributed by atoms with Crippen molar-refractivity contribution in [3.05, 3.63) is 24.3 Å². The molecule has 0 heterocycles. The molecule has 0 radical (unpaired) electrons. The van der Waals surface area contributed by atoms with Gasteiger partial charge in [0.1, 0.15) is 11.5 Å². The van der Waals surface area contributed by atoms with Gasteiger partial charge in [-0.2, -0.15) is 11.8 Å². The molecule has 0 unspecified atom stereocenters. The lowest BCUT2D eigenvalue weighted by Crippen LogP contribution is -2.30. The molecule has 0 saturated heterocycles. The number of hydrogen-bond acceptors (Lipinski definition) is 4. The average Bonchev–Trinajstić information content (AvgIpc) is 3.03. The quantitative estimate of drug-likeness (QED) is 0.750. The van der Waals surface area contributed by atoms with Crippen molar-refractivity contribution in [3.63, 3.8) is 0 Å². The van der Waals surface area contributed by atoms with Crippen molar-refractivity contribution in [1.82, 2.24) is 5.32 Å². The first-order chi connectivity index (χ1) is 10.3. The predicted octanol–water partition coefficient (Wildman–Crippen LogP) is 2.87. The summed E-state index contributed by atoms with van der Waals surface area (Å²) in [5, 5.41) is 3.69. The smallest absolute Gasteiger partial charge is 0.257 e. The Morgan fingerprint density at radius 2 is 2.10 bits per heavy atom. The number of nitrogens with one attached hydrogen (secondary N) is 1. The minimum atomic E-state index is -0.0789. The normalized spacial score (nSPS) is 14.9. The van der Waals surface area contributed by atoms with E-state index >= 15 is 0 Å². The van der Waals surface area contributed by atoms with Crippen LogP contribution < -0.4 is 14.8 Å². The van der Waals surface area contributed by atoms with Crippen LogP contribution in [-0.4, -0.2) is 37.2 Å². The first kappa shape index (κ1) is 16.0. The fraction of sp³-hybridized carbons (Fsp3) is 0.562. The number of carbonyl (C=O) groups is 1. The standard InChI is InChI=1S/C16H23NO3S/c1-19-13-5-4-6-14(11-13)20-12-16(18)17-9-10-21-15-7-2-3-8-15/h4-6,11,15H,2-3,7-10,12H2,1H3,(H,17,18). The third kappa shape index (κ3) is 5.87. The molecule has 0 spiro atoms. The fourth-order valence-electron chi connectivity index (χ4n) is 2.36. The molecule has 1 fully saturated rings. The zero-order valence-electron chi connectivity index (χ0n) is 12.5. The van der Waals surface area contributed by atoms with E-state index in [1.54, 1.807) is 13.2 Å². The summed E-state index contributed by atoms with van der Waals surface area (Å²) < 4.78 is 10.5. The molecule has 0 atom stereocenters. The summed E-state index contributed by atoms with van der Waals surface area (Å²) in [6.45, 7) is 0.753. The molecule has 1 aliphatic carbocycles. The van der Waals surface area contributed by atoms with Crippen LogP contribution in [0.5, 0.6) is 11.5 Å². The third-order valence-electron chi connectivity index (χ3n) is 3.49. The maximum Gasteiger partial charge on any atom is 0.257 e. The minimum absolute atomic E-state index is 0.0429. The topological polar surface area (TPSA) is 47.6 Å². The monoisotopic (exact) mass is 309 g/mol. The molecule has 1 aromatic carbocycles. The van der Waals surface area contributed by atoms with Gasteiger partial charge in [-0.25, -0.2) is 0 Å². The number of carbonyl (C=O) groups excluding carboxylic acids is 1. The highest BCUT2D eigenvalue weighted by molar-refractivity contribution is 7.99. The molecule has 116 valence electrons. The molecule has 5 heteroatoms. The van der Waals surface area contributed by atoms with E-state index in [2.05, 4.69) is 5.32 Å². The van der Waals surface area contributed by atoms with Crippen molar-refractivity contribution < 1.29 is 14.3 Å². The summed E-state index contributed by atoms with van der Waals surface area (Å²) in [7, 11) is 1.60. The molecule has 1 aliphatic rings. The van der Waals surface area contributed by atoms with Crippen molar-refractivity contribution in [1.29, 1.82) is 0 Å². The lowest BCUT2D eigenvalue weighted by molar-refractivity contribution is -0.122. The van der Waals surface area contributed by atoms with Crippen LogP contribution in [0.4, 0.5) is 0 Å². The number of methoxy groups -OCH3 is 1. The number of rotatable bonds is 8. The van der Waals surface area contributed by atoms with E-state index in [9.17, 15) is 4.79 Å². The second-order valence-electron chi connectivity index (χ2n) is 5.09. The highest BCUT2D eigenvalue weighted by Gasteiger charge is 2.14.